The standard InChI is InChI=1S/C13H18FNO2S/c1-18(16,17)13-7-4-6-12(14)11(13)9-10-5-2-3-8-15-10/h4,6-7,10,15H,2-3,5,8-9H2,1H3. The summed E-state index contributed by atoms with van der Waals surface area (Å²) >= 11 is 0. The molecule has 1 heterocycles. The summed E-state index contributed by atoms with van der Waals surface area (Å²) in [5.41, 5.74) is 0.319. The Hall–Kier alpha value is -0.940. The van der Waals surface area contributed by atoms with E-state index in [-0.39, 0.29) is 10.9 Å². The first kappa shape index (κ1) is 13.5. The van der Waals surface area contributed by atoms with Crippen LogP contribution in [0.5, 0.6) is 0 Å². The van der Waals surface area contributed by atoms with Crippen LogP contribution in [0.1, 0.15) is 24.8 Å². The molecule has 0 aromatic heterocycles. The van der Waals surface area contributed by atoms with Crippen LogP contribution >= 0.6 is 0 Å². The average molecular weight is 271 g/mol. The molecule has 0 radical (unpaired) electrons. The number of halogens is 1. The van der Waals surface area contributed by atoms with Crippen molar-refractivity contribution in [2.75, 3.05) is 12.8 Å². The summed E-state index contributed by atoms with van der Waals surface area (Å²) in [5.74, 6) is -0.426. The third-order valence-electron chi connectivity index (χ3n) is 3.34. The first-order chi connectivity index (χ1) is 8.48. The molecule has 0 spiro atoms. The lowest BCUT2D eigenvalue weighted by Gasteiger charge is -2.24. The van der Waals surface area contributed by atoms with E-state index in [1.54, 1.807) is 0 Å². The summed E-state index contributed by atoms with van der Waals surface area (Å²) < 4.78 is 37.2. The van der Waals surface area contributed by atoms with Gasteiger partial charge in [0.05, 0.1) is 4.90 Å². The highest BCUT2D eigenvalue weighted by atomic mass is 32.2. The van der Waals surface area contributed by atoms with Gasteiger partial charge in [-0.05, 0) is 37.9 Å². The van der Waals surface area contributed by atoms with E-state index in [1.165, 1.54) is 18.2 Å². The lowest BCUT2D eigenvalue weighted by molar-refractivity contribution is 0.393. The molecule has 1 atom stereocenters. The molecule has 3 nitrogen and oxygen atoms in total. The molecule has 5 heteroatoms. The van der Waals surface area contributed by atoms with Crippen LogP contribution in [-0.4, -0.2) is 27.3 Å². The average Bonchev–Trinajstić information content (AvgIpc) is 2.32. The van der Waals surface area contributed by atoms with Gasteiger partial charge in [-0.3, -0.25) is 0 Å². The summed E-state index contributed by atoms with van der Waals surface area (Å²) in [6.45, 7) is 0.924. The SMILES string of the molecule is CS(=O)(=O)c1cccc(F)c1CC1CCCCN1. The van der Waals surface area contributed by atoms with E-state index in [0.717, 1.165) is 32.1 Å². The van der Waals surface area contributed by atoms with Gasteiger partial charge in [-0.25, -0.2) is 12.8 Å². The van der Waals surface area contributed by atoms with Crippen LogP contribution in [0.25, 0.3) is 0 Å². The maximum atomic E-state index is 13.8. The Labute approximate surface area is 107 Å². The van der Waals surface area contributed by atoms with Crippen LogP contribution in [0.3, 0.4) is 0 Å². The topological polar surface area (TPSA) is 46.2 Å². The maximum absolute atomic E-state index is 13.8. The van der Waals surface area contributed by atoms with Crippen molar-refractivity contribution in [3.8, 4) is 0 Å². The smallest absolute Gasteiger partial charge is 0.175 e. The molecule has 0 amide bonds. The highest BCUT2D eigenvalue weighted by molar-refractivity contribution is 7.90. The Balaban J connectivity index is 2.31. The molecule has 1 aromatic rings. The Bertz CT molecular complexity index is 522. The molecule has 1 aromatic carbocycles. The lowest BCUT2D eigenvalue weighted by Crippen LogP contribution is -2.36. The summed E-state index contributed by atoms with van der Waals surface area (Å²) in [6.07, 6.45) is 4.78. The van der Waals surface area contributed by atoms with Crippen molar-refractivity contribution in [1.29, 1.82) is 0 Å². The first-order valence-corrected chi connectivity index (χ1v) is 8.08. The summed E-state index contributed by atoms with van der Waals surface area (Å²) in [6, 6.07) is 4.43. The molecule has 1 fully saturated rings. The molecule has 1 N–H and O–H groups in total. The number of rotatable bonds is 3. The van der Waals surface area contributed by atoms with Crippen LogP contribution in [0.15, 0.2) is 23.1 Å². The van der Waals surface area contributed by atoms with Gasteiger partial charge in [0.2, 0.25) is 0 Å². The van der Waals surface area contributed by atoms with E-state index in [2.05, 4.69) is 5.32 Å². The molecular weight excluding hydrogens is 253 g/mol. The third kappa shape index (κ3) is 3.09. The second kappa shape index (κ2) is 5.36. The highest BCUT2D eigenvalue weighted by Gasteiger charge is 2.21. The van der Waals surface area contributed by atoms with Crippen molar-refractivity contribution in [1.82, 2.24) is 5.32 Å². The van der Waals surface area contributed by atoms with E-state index < -0.39 is 15.7 Å². The van der Waals surface area contributed by atoms with Gasteiger partial charge in [-0.2, -0.15) is 0 Å². The largest absolute Gasteiger partial charge is 0.314 e. The van der Waals surface area contributed by atoms with Crippen LogP contribution in [0.2, 0.25) is 0 Å². The zero-order valence-corrected chi connectivity index (χ0v) is 11.3. The third-order valence-corrected chi connectivity index (χ3v) is 4.52. The van der Waals surface area contributed by atoms with Gasteiger partial charge in [-0.15, -0.1) is 0 Å². The quantitative estimate of drug-likeness (QED) is 0.913. The van der Waals surface area contributed by atoms with Crippen molar-refractivity contribution in [3.05, 3.63) is 29.6 Å². The minimum Gasteiger partial charge on any atom is -0.314 e. The van der Waals surface area contributed by atoms with Crippen molar-refractivity contribution < 1.29 is 12.8 Å². The van der Waals surface area contributed by atoms with Crippen LogP contribution in [0.4, 0.5) is 4.39 Å². The number of hydrogen-bond donors (Lipinski definition) is 1. The van der Waals surface area contributed by atoms with E-state index in [1.807, 2.05) is 0 Å². The number of hydrogen-bond acceptors (Lipinski definition) is 3. The second-order valence-electron chi connectivity index (χ2n) is 4.84. The van der Waals surface area contributed by atoms with Gasteiger partial charge in [0, 0.05) is 17.9 Å². The summed E-state index contributed by atoms with van der Waals surface area (Å²) in [4.78, 5) is 0.120. The minimum atomic E-state index is -3.37. The van der Waals surface area contributed by atoms with Crippen molar-refractivity contribution in [2.24, 2.45) is 0 Å². The van der Waals surface area contributed by atoms with Gasteiger partial charge >= 0.3 is 0 Å². The zero-order chi connectivity index (χ0) is 13.2. The molecule has 0 aliphatic carbocycles. The fraction of sp³-hybridized carbons (Fsp3) is 0.538. The molecular formula is C13H18FNO2S. The Kier molecular flexibility index (Phi) is 4.02. The summed E-state index contributed by atoms with van der Waals surface area (Å²) in [5, 5.41) is 3.31. The predicted molar refractivity (Wildman–Crippen MR) is 68.9 cm³/mol. The number of nitrogens with one attached hydrogen (secondary N) is 1. The second-order valence-corrected chi connectivity index (χ2v) is 6.82. The van der Waals surface area contributed by atoms with Gasteiger partial charge in [0.25, 0.3) is 0 Å². The van der Waals surface area contributed by atoms with Gasteiger partial charge < -0.3 is 5.32 Å². The van der Waals surface area contributed by atoms with E-state index in [9.17, 15) is 12.8 Å². The van der Waals surface area contributed by atoms with Crippen LogP contribution in [-0.2, 0) is 16.3 Å². The van der Waals surface area contributed by atoms with Crippen molar-refractivity contribution >= 4 is 9.84 Å². The monoisotopic (exact) mass is 271 g/mol. The van der Waals surface area contributed by atoms with Gasteiger partial charge in [0.1, 0.15) is 5.82 Å². The van der Waals surface area contributed by atoms with E-state index in [0.29, 0.717) is 12.0 Å². The van der Waals surface area contributed by atoms with Crippen LogP contribution in [0, 0.1) is 5.82 Å². The lowest BCUT2D eigenvalue weighted by atomic mass is 9.97. The molecule has 2 rings (SSSR count). The van der Waals surface area contributed by atoms with Gasteiger partial charge in [0.15, 0.2) is 9.84 Å². The molecule has 1 aliphatic rings. The van der Waals surface area contributed by atoms with E-state index >= 15 is 0 Å². The predicted octanol–water partition coefficient (Wildman–Crippen LogP) is 1.91. The minimum absolute atomic E-state index is 0.120. The number of benzene rings is 1. The zero-order valence-electron chi connectivity index (χ0n) is 10.4. The number of sulfone groups is 1. The van der Waals surface area contributed by atoms with E-state index in [4.69, 9.17) is 0 Å². The van der Waals surface area contributed by atoms with Crippen molar-refractivity contribution in [2.45, 2.75) is 36.6 Å². The first-order valence-electron chi connectivity index (χ1n) is 6.19. The van der Waals surface area contributed by atoms with Gasteiger partial charge in [-0.1, -0.05) is 12.5 Å². The molecule has 100 valence electrons. The van der Waals surface area contributed by atoms with Crippen LogP contribution < -0.4 is 5.32 Å². The maximum Gasteiger partial charge on any atom is 0.175 e. The Morgan fingerprint density at radius 2 is 2.17 bits per heavy atom. The highest BCUT2D eigenvalue weighted by Crippen LogP contribution is 2.22. The normalized spacial score (nSPS) is 20.9. The van der Waals surface area contributed by atoms with Crippen molar-refractivity contribution in [3.63, 3.8) is 0 Å². The Morgan fingerprint density at radius 1 is 1.39 bits per heavy atom. The Morgan fingerprint density at radius 3 is 2.78 bits per heavy atom. The molecule has 1 saturated heterocycles. The molecule has 0 bridgehead atoms. The molecule has 18 heavy (non-hydrogen) atoms. The molecule has 1 unspecified atom stereocenters. The molecule has 1 aliphatic heterocycles. The molecule has 0 saturated carbocycles. The number of piperidine rings is 1. The fourth-order valence-corrected chi connectivity index (χ4v) is 3.38. The summed E-state index contributed by atoms with van der Waals surface area (Å²) in [7, 11) is -3.37. The fourth-order valence-electron chi connectivity index (χ4n) is 2.43.